The quantitative estimate of drug-likeness (QED) is 0.740. The van der Waals surface area contributed by atoms with Crippen molar-refractivity contribution in [2.24, 2.45) is 5.73 Å². The fourth-order valence-corrected chi connectivity index (χ4v) is 2.15. The van der Waals surface area contributed by atoms with E-state index in [1.54, 1.807) is 24.3 Å². The maximum Gasteiger partial charge on any atom is 0.250 e. The zero-order valence-corrected chi connectivity index (χ0v) is 12.9. The van der Waals surface area contributed by atoms with Crippen molar-refractivity contribution in [2.75, 3.05) is 17.2 Å². The molecular formula is C16H17N3O2S. The minimum absolute atomic E-state index is 0.348. The van der Waals surface area contributed by atoms with Crippen LogP contribution in [0.5, 0.6) is 5.75 Å². The van der Waals surface area contributed by atoms with E-state index < -0.39 is 5.91 Å². The average Bonchev–Trinajstić information content (AvgIpc) is 2.50. The van der Waals surface area contributed by atoms with E-state index in [1.807, 2.05) is 31.2 Å². The predicted molar refractivity (Wildman–Crippen MR) is 92.4 cm³/mol. The van der Waals surface area contributed by atoms with Gasteiger partial charge in [-0.1, -0.05) is 24.3 Å². The molecule has 114 valence electrons. The summed E-state index contributed by atoms with van der Waals surface area (Å²) < 4.78 is 5.53. The molecule has 2 aromatic rings. The van der Waals surface area contributed by atoms with Crippen LogP contribution in [0.2, 0.25) is 0 Å². The molecule has 0 saturated heterocycles. The van der Waals surface area contributed by atoms with E-state index in [9.17, 15) is 4.79 Å². The van der Waals surface area contributed by atoms with Crippen LogP contribution in [0.15, 0.2) is 48.5 Å². The lowest BCUT2D eigenvalue weighted by Crippen LogP contribution is -2.22. The monoisotopic (exact) mass is 315 g/mol. The zero-order chi connectivity index (χ0) is 15.9. The summed E-state index contributed by atoms with van der Waals surface area (Å²) in [7, 11) is 0. The van der Waals surface area contributed by atoms with E-state index in [0.29, 0.717) is 28.7 Å². The molecule has 0 aliphatic heterocycles. The summed E-state index contributed by atoms with van der Waals surface area (Å²) in [6, 6.07) is 14.4. The average molecular weight is 315 g/mol. The van der Waals surface area contributed by atoms with Crippen LogP contribution in [0.1, 0.15) is 17.3 Å². The molecule has 0 saturated carbocycles. The number of primary amides is 1. The first-order valence-corrected chi connectivity index (χ1v) is 7.21. The fourth-order valence-electron chi connectivity index (χ4n) is 1.93. The Balaban J connectivity index is 2.13. The lowest BCUT2D eigenvalue weighted by Gasteiger charge is -2.15. The van der Waals surface area contributed by atoms with Crippen LogP contribution < -0.4 is 21.1 Å². The van der Waals surface area contributed by atoms with Crippen molar-refractivity contribution >= 4 is 34.6 Å². The van der Waals surface area contributed by atoms with Gasteiger partial charge < -0.3 is 21.1 Å². The Morgan fingerprint density at radius 1 is 1.09 bits per heavy atom. The van der Waals surface area contributed by atoms with Crippen LogP contribution in [0.25, 0.3) is 0 Å². The van der Waals surface area contributed by atoms with Crippen LogP contribution in [0.4, 0.5) is 11.4 Å². The van der Waals surface area contributed by atoms with Gasteiger partial charge in [-0.05, 0) is 43.4 Å². The first-order valence-electron chi connectivity index (χ1n) is 6.80. The Labute approximate surface area is 134 Å². The zero-order valence-electron chi connectivity index (χ0n) is 12.1. The van der Waals surface area contributed by atoms with E-state index >= 15 is 0 Å². The Morgan fingerprint density at radius 3 is 2.36 bits per heavy atom. The number of rotatable bonds is 5. The molecule has 4 N–H and O–H groups in total. The molecule has 0 bridgehead atoms. The highest BCUT2D eigenvalue weighted by Gasteiger charge is 2.09. The van der Waals surface area contributed by atoms with Crippen molar-refractivity contribution in [3.63, 3.8) is 0 Å². The molecule has 0 aromatic heterocycles. The third-order valence-corrected chi connectivity index (χ3v) is 3.08. The van der Waals surface area contributed by atoms with E-state index in [-0.39, 0.29) is 0 Å². The molecule has 2 rings (SSSR count). The largest absolute Gasteiger partial charge is 0.492 e. The Kier molecular flexibility index (Phi) is 5.32. The summed E-state index contributed by atoms with van der Waals surface area (Å²) in [5.74, 6) is 0.193. The number of carbonyl (C=O) groups is 1. The molecule has 2 aromatic carbocycles. The van der Waals surface area contributed by atoms with Gasteiger partial charge in [0.1, 0.15) is 5.75 Å². The number of hydrogen-bond donors (Lipinski definition) is 3. The second-order valence-electron chi connectivity index (χ2n) is 4.42. The van der Waals surface area contributed by atoms with Crippen LogP contribution in [-0.4, -0.2) is 17.6 Å². The summed E-state index contributed by atoms with van der Waals surface area (Å²) >= 11 is 5.28. The van der Waals surface area contributed by atoms with Crippen molar-refractivity contribution in [3.05, 3.63) is 54.1 Å². The summed E-state index contributed by atoms with van der Waals surface area (Å²) in [5, 5.41) is 6.37. The van der Waals surface area contributed by atoms with Gasteiger partial charge >= 0.3 is 0 Å². The van der Waals surface area contributed by atoms with Crippen molar-refractivity contribution in [1.82, 2.24) is 0 Å². The topological polar surface area (TPSA) is 76.4 Å². The number of thiocarbonyl (C=S) groups is 1. The number of ether oxygens (including phenoxy) is 1. The second-order valence-corrected chi connectivity index (χ2v) is 4.83. The fraction of sp³-hybridized carbons (Fsp3) is 0.125. The van der Waals surface area contributed by atoms with Crippen LogP contribution in [-0.2, 0) is 0 Å². The molecule has 5 nitrogen and oxygen atoms in total. The lowest BCUT2D eigenvalue weighted by molar-refractivity contribution is 0.100. The Hall–Kier alpha value is -2.60. The smallest absolute Gasteiger partial charge is 0.250 e. The standard InChI is InChI=1S/C16H17N3O2S/c1-2-21-14-10-6-5-9-13(14)19-16(22)18-12-8-4-3-7-11(12)15(17)20/h3-10H,2H2,1H3,(H2,17,20)(H2,18,19,22). The van der Waals surface area contributed by atoms with Gasteiger partial charge in [-0.2, -0.15) is 0 Å². The van der Waals surface area contributed by atoms with Gasteiger partial charge in [-0.25, -0.2) is 0 Å². The number of anilines is 2. The molecule has 0 unspecified atom stereocenters. The maximum atomic E-state index is 11.4. The lowest BCUT2D eigenvalue weighted by atomic mass is 10.1. The number of carbonyl (C=O) groups excluding carboxylic acids is 1. The van der Waals surface area contributed by atoms with E-state index in [0.717, 1.165) is 5.69 Å². The summed E-state index contributed by atoms with van der Waals surface area (Å²) in [4.78, 5) is 11.4. The van der Waals surface area contributed by atoms with E-state index in [4.69, 9.17) is 22.7 Å². The number of nitrogens with two attached hydrogens (primary N) is 1. The molecule has 0 heterocycles. The molecule has 6 heteroatoms. The molecule has 0 fully saturated rings. The number of nitrogens with one attached hydrogen (secondary N) is 2. The predicted octanol–water partition coefficient (Wildman–Crippen LogP) is 2.99. The third-order valence-electron chi connectivity index (χ3n) is 2.88. The number of hydrogen-bond acceptors (Lipinski definition) is 3. The van der Waals surface area contributed by atoms with Crippen molar-refractivity contribution in [2.45, 2.75) is 6.92 Å². The summed E-state index contributed by atoms with van der Waals surface area (Å²) in [6.45, 7) is 2.47. The highest BCUT2D eigenvalue weighted by atomic mass is 32.1. The van der Waals surface area contributed by atoms with Crippen molar-refractivity contribution < 1.29 is 9.53 Å². The number of amides is 1. The van der Waals surface area contributed by atoms with Crippen molar-refractivity contribution in [1.29, 1.82) is 0 Å². The number of benzene rings is 2. The Bertz CT molecular complexity index is 689. The molecule has 22 heavy (non-hydrogen) atoms. The summed E-state index contributed by atoms with van der Waals surface area (Å²) in [5.41, 5.74) is 7.03. The van der Waals surface area contributed by atoms with Gasteiger partial charge in [0, 0.05) is 0 Å². The molecule has 0 atom stereocenters. The highest BCUT2D eigenvalue weighted by molar-refractivity contribution is 7.80. The Morgan fingerprint density at radius 2 is 1.68 bits per heavy atom. The minimum Gasteiger partial charge on any atom is -0.492 e. The first kappa shape index (κ1) is 15.8. The van der Waals surface area contributed by atoms with Crippen LogP contribution in [0, 0.1) is 0 Å². The van der Waals surface area contributed by atoms with Gasteiger partial charge in [0.25, 0.3) is 5.91 Å². The highest BCUT2D eigenvalue weighted by Crippen LogP contribution is 2.24. The summed E-state index contributed by atoms with van der Waals surface area (Å²) in [6.07, 6.45) is 0. The van der Waals surface area contributed by atoms with E-state index in [1.165, 1.54) is 0 Å². The molecule has 0 aliphatic carbocycles. The van der Waals surface area contributed by atoms with Gasteiger partial charge in [0.05, 0.1) is 23.5 Å². The van der Waals surface area contributed by atoms with Crippen LogP contribution >= 0.6 is 12.2 Å². The van der Waals surface area contributed by atoms with Crippen molar-refractivity contribution in [3.8, 4) is 5.75 Å². The molecule has 0 radical (unpaired) electrons. The molecular weight excluding hydrogens is 298 g/mol. The normalized spacial score (nSPS) is 9.86. The molecule has 0 spiro atoms. The maximum absolute atomic E-state index is 11.4. The van der Waals surface area contributed by atoms with E-state index in [2.05, 4.69) is 10.6 Å². The van der Waals surface area contributed by atoms with Gasteiger partial charge in [-0.3, -0.25) is 4.79 Å². The third kappa shape index (κ3) is 3.95. The SMILES string of the molecule is CCOc1ccccc1NC(=S)Nc1ccccc1C(N)=O. The second kappa shape index (κ2) is 7.42. The molecule has 0 aliphatic rings. The van der Waals surface area contributed by atoms with Gasteiger partial charge in [0.15, 0.2) is 5.11 Å². The number of para-hydroxylation sites is 3. The minimum atomic E-state index is -0.513. The van der Waals surface area contributed by atoms with Gasteiger partial charge in [0.2, 0.25) is 0 Å². The molecule has 1 amide bonds. The first-order chi connectivity index (χ1) is 10.6. The van der Waals surface area contributed by atoms with Crippen LogP contribution in [0.3, 0.4) is 0 Å². The van der Waals surface area contributed by atoms with Gasteiger partial charge in [-0.15, -0.1) is 0 Å².